The predicted octanol–water partition coefficient (Wildman–Crippen LogP) is 2.91. The van der Waals surface area contributed by atoms with E-state index in [1.165, 1.54) is 28.1 Å². The van der Waals surface area contributed by atoms with Crippen LogP contribution in [-0.4, -0.2) is 82.3 Å². The lowest BCUT2D eigenvalue weighted by Crippen LogP contribution is -2.52. The Labute approximate surface area is 195 Å². The topological polar surface area (TPSA) is 44.6 Å². The number of thioether (sulfide) groups is 1. The molecule has 2 fully saturated rings. The quantitative estimate of drug-likeness (QED) is 0.715. The van der Waals surface area contributed by atoms with Gasteiger partial charge < -0.3 is 9.80 Å². The average Bonchev–Trinajstić information content (AvgIpc) is 3.15. The molecule has 1 aliphatic carbocycles. The lowest BCUT2D eigenvalue weighted by Gasteiger charge is -2.42. The summed E-state index contributed by atoms with van der Waals surface area (Å²) in [6.07, 6.45) is 3.13. The molecule has 3 aliphatic rings. The van der Waals surface area contributed by atoms with Gasteiger partial charge in [0.25, 0.3) is 5.91 Å². The number of hydrogen-bond acceptors (Lipinski definition) is 5. The fourth-order valence-electron chi connectivity index (χ4n) is 5.66. The minimum absolute atomic E-state index is 0.141. The normalized spacial score (nSPS) is 22.2. The fraction of sp³-hybridized carbons (Fsp3) is 0.600. The second-order valence-corrected chi connectivity index (χ2v) is 10.7. The summed E-state index contributed by atoms with van der Waals surface area (Å²) in [6.45, 7) is 10.4. The largest absolute Gasteiger partial charge is 0.369 e. The molecule has 1 amide bonds. The van der Waals surface area contributed by atoms with E-state index in [9.17, 15) is 4.79 Å². The monoisotopic (exact) mass is 453 g/mol. The molecule has 7 heteroatoms. The van der Waals surface area contributed by atoms with E-state index < -0.39 is 0 Å². The average molecular weight is 454 g/mol. The van der Waals surface area contributed by atoms with Crippen LogP contribution >= 0.6 is 11.8 Å². The van der Waals surface area contributed by atoms with E-state index in [0.717, 1.165) is 70.0 Å². The van der Waals surface area contributed by atoms with Gasteiger partial charge >= 0.3 is 0 Å². The molecule has 3 heterocycles. The van der Waals surface area contributed by atoms with Gasteiger partial charge in [-0.1, -0.05) is 17.7 Å². The molecule has 0 radical (unpaired) electrons. The number of fused-ring (bicyclic) bond motifs is 1. The number of carbonyl (C=O) groups excluding carboxylic acids is 1. The van der Waals surface area contributed by atoms with Crippen LogP contribution in [0.15, 0.2) is 18.2 Å². The van der Waals surface area contributed by atoms with Gasteiger partial charge in [0, 0.05) is 80.8 Å². The zero-order valence-corrected chi connectivity index (χ0v) is 20.5. The summed E-state index contributed by atoms with van der Waals surface area (Å²) in [5.41, 5.74) is 7.27. The highest BCUT2D eigenvalue weighted by Gasteiger charge is 2.34. The Hall–Kier alpha value is -1.99. The van der Waals surface area contributed by atoms with Crippen molar-refractivity contribution in [1.29, 1.82) is 0 Å². The van der Waals surface area contributed by atoms with Crippen molar-refractivity contribution in [1.82, 2.24) is 19.6 Å². The first-order chi connectivity index (χ1) is 15.5. The molecule has 2 aliphatic heterocycles. The minimum atomic E-state index is 0.141. The number of rotatable bonds is 3. The third-order valence-electron chi connectivity index (χ3n) is 7.45. The van der Waals surface area contributed by atoms with Crippen LogP contribution in [0.5, 0.6) is 0 Å². The maximum absolute atomic E-state index is 13.2. The zero-order chi connectivity index (χ0) is 22.2. The Bertz CT molecular complexity index is 988. The maximum Gasteiger partial charge on any atom is 0.274 e. The number of anilines is 1. The van der Waals surface area contributed by atoms with Crippen molar-refractivity contribution in [2.45, 2.75) is 39.2 Å². The van der Waals surface area contributed by atoms with Crippen LogP contribution in [-0.2, 0) is 19.9 Å². The molecule has 0 N–H and O–H groups in total. The number of aryl methyl sites for hydroxylation is 3. The van der Waals surface area contributed by atoms with Gasteiger partial charge in [0.15, 0.2) is 5.69 Å². The minimum Gasteiger partial charge on any atom is -0.369 e. The van der Waals surface area contributed by atoms with Crippen molar-refractivity contribution >= 4 is 23.4 Å². The van der Waals surface area contributed by atoms with Crippen molar-refractivity contribution in [3.05, 3.63) is 46.3 Å². The van der Waals surface area contributed by atoms with Gasteiger partial charge in [0.05, 0.1) is 0 Å². The van der Waals surface area contributed by atoms with Crippen LogP contribution in [0.4, 0.5) is 5.69 Å². The van der Waals surface area contributed by atoms with Crippen LogP contribution < -0.4 is 4.90 Å². The number of nitrogens with zero attached hydrogens (tertiary/aromatic N) is 5. The Balaban J connectivity index is 1.27. The molecule has 172 valence electrons. The first-order valence-corrected chi connectivity index (χ1v) is 13.1. The van der Waals surface area contributed by atoms with Crippen molar-refractivity contribution in [3.8, 4) is 0 Å². The van der Waals surface area contributed by atoms with Crippen molar-refractivity contribution in [3.63, 3.8) is 0 Å². The third-order valence-corrected chi connectivity index (χ3v) is 8.40. The molecule has 2 saturated heterocycles. The molecule has 0 bridgehead atoms. The SMILES string of the molecule is Cc1ccc(N2CCN(C3CCc4c(c(C(=O)N5CCSCC5)nn4C)C3)CC2)c(C)c1. The summed E-state index contributed by atoms with van der Waals surface area (Å²) < 4.78 is 1.97. The first-order valence-electron chi connectivity index (χ1n) is 12.0. The highest BCUT2D eigenvalue weighted by Crippen LogP contribution is 2.30. The number of hydrogen-bond donors (Lipinski definition) is 0. The lowest BCUT2D eigenvalue weighted by atomic mass is 9.89. The fourth-order valence-corrected chi connectivity index (χ4v) is 6.56. The highest BCUT2D eigenvalue weighted by molar-refractivity contribution is 7.99. The Kier molecular flexibility index (Phi) is 6.21. The second kappa shape index (κ2) is 9.10. The molecule has 0 saturated carbocycles. The summed E-state index contributed by atoms with van der Waals surface area (Å²) >= 11 is 1.93. The van der Waals surface area contributed by atoms with E-state index in [-0.39, 0.29) is 5.91 Å². The summed E-state index contributed by atoms with van der Waals surface area (Å²) in [5, 5.41) is 4.71. The van der Waals surface area contributed by atoms with E-state index in [4.69, 9.17) is 5.10 Å². The lowest BCUT2D eigenvalue weighted by molar-refractivity contribution is 0.0763. The van der Waals surface area contributed by atoms with Crippen LogP contribution in [0, 0.1) is 13.8 Å². The number of benzene rings is 1. The molecule has 32 heavy (non-hydrogen) atoms. The standard InChI is InChI=1S/C25H35N5OS/c1-18-4-6-22(19(2)16-18)29-10-8-28(9-11-29)20-5-7-23-21(17-20)24(26-27(23)3)25(31)30-12-14-32-15-13-30/h4,6,16,20H,5,7-15,17H2,1-3H3. The molecule has 1 aromatic heterocycles. The summed E-state index contributed by atoms with van der Waals surface area (Å²) in [5.74, 6) is 2.21. The number of aromatic nitrogens is 2. The molecule has 1 unspecified atom stereocenters. The Morgan fingerprint density at radius 1 is 1.06 bits per heavy atom. The second-order valence-electron chi connectivity index (χ2n) is 9.51. The maximum atomic E-state index is 13.2. The van der Waals surface area contributed by atoms with Crippen molar-refractivity contribution in [2.75, 3.05) is 55.7 Å². The molecule has 1 aromatic carbocycles. The molecule has 1 atom stereocenters. The number of carbonyl (C=O) groups is 1. The highest BCUT2D eigenvalue weighted by atomic mass is 32.2. The van der Waals surface area contributed by atoms with Crippen molar-refractivity contribution < 1.29 is 4.79 Å². The van der Waals surface area contributed by atoms with Crippen LogP contribution in [0.1, 0.15) is 39.3 Å². The van der Waals surface area contributed by atoms with Gasteiger partial charge in [-0.15, -0.1) is 0 Å². The zero-order valence-electron chi connectivity index (χ0n) is 19.6. The van der Waals surface area contributed by atoms with Gasteiger partial charge in [-0.25, -0.2) is 0 Å². The molecule has 2 aromatic rings. The summed E-state index contributed by atoms with van der Waals surface area (Å²) in [7, 11) is 2.00. The van der Waals surface area contributed by atoms with Crippen molar-refractivity contribution in [2.24, 2.45) is 7.05 Å². The number of amides is 1. The summed E-state index contributed by atoms with van der Waals surface area (Å²) in [4.78, 5) is 20.4. The number of piperazine rings is 1. The van der Waals surface area contributed by atoms with Crippen LogP contribution in [0.25, 0.3) is 0 Å². The van der Waals surface area contributed by atoms with E-state index >= 15 is 0 Å². The van der Waals surface area contributed by atoms with Gasteiger partial charge in [-0.2, -0.15) is 16.9 Å². The van der Waals surface area contributed by atoms with E-state index in [1.54, 1.807) is 0 Å². The molecule has 0 spiro atoms. The van der Waals surface area contributed by atoms with Gasteiger partial charge in [0.2, 0.25) is 0 Å². The Morgan fingerprint density at radius 3 is 2.53 bits per heavy atom. The molecule has 6 nitrogen and oxygen atoms in total. The van der Waals surface area contributed by atoms with Gasteiger partial charge in [-0.05, 0) is 44.7 Å². The molecular formula is C25H35N5OS. The van der Waals surface area contributed by atoms with E-state index in [0.29, 0.717) is 11.7 Å². The van der Waals surface area contributed by atoms with Gasteiger partial charge in [-0.3, -0.25) is 14.4 Å². The third kappa shape index (κ3) is 4.17. The van der Waals surface area contributed by atoms with E-state index in [1.807, 2.05) is 28.4 Å². The van der Waals surface area contributed by atoms with Gasteiger partial charge in [0.1, 0.15) is 0 Å². The molecule has 5 rings (SSSR count). The van der Waals surface area contributed by atoms with Crippen LogP contribution in [0.3, 0.4) is 0 Å². The van der Waals surface area contributed by atoms with Crippen LogP contribution in [0.2, 0.25) is 0 Å². The smallest absolute Gasteiger partial charge is 0.274 e. The predicted molar refractivity (Wildman–Crippen MR) is 132 cm³/mol. The molecular weight excluding hydrogens is 418 g/mol. The summed E-state index contributed by atoms with van der Waals surface area (Å²) in [6, 6.07) is 7.29. The van der Waals surface area contributed by atoms with E-state index in [2.05, 4.69) is 41.8 Å². The first kappa shape index (κ1) is 21.8. The Morgan fingerprint density at radius 2 is 1.81 bits per heavy atom.